The van der Waals surface area contributed by atoms with Crippen LogP contribution in [0.5, 0.6) is 0 Å². The predicted octanol–water partition coefficient (Wildman–Crippen LogP) is 3.75. The first kappa shape index (κ1) is 20.1. The highest BCUT2D eigenvalue weighted by molar-refractivity contribution is 5.94. The predicted molar refractivity (Wildman–Crippen MR) is 105 cm³/mol. The number of nitro benzene ring substituents is 1. The maximum Gasteiger partial charge on any atom is 0.293 e. The third-order valence-electron chi connectivity index (χ3n) is 4.44. The van der Waals surface area contributed by atoms with Gasteiger partial charge in [0.15, 0.2) is 0 Å². The Morgan fingerprint density at radius 1 is 1.28 bits per heavy atom. The molecule has 1 N–H and O–H groups in total. The minimum Gasteiger partial charge on any atom is -0.320 e. The van der Waals surface area contributed by atoms with Gasteiger partial charge in [-0.05, 0) is 35.2 Å². The maximum absolute atomic E-state index is 13.3. The number of nitrogens with zero attached hydrogens (tertiary/aromatic N) is 4. The van der Waals surface area contributed by atoms with Gasteiger partial charge in [0.25, 0.3) is 5.69 Å². The van der Waals surface area contributed by atoms with Gasteiger partial charge in [0.2, 0.25) is 5.91 Å². The number of halogens is 1. The summed E-state index contributed by atoms with van der Waals surface area (Å²) < 4.78 is 14.9. The fourth-order valence-corrected chi connectivity index (χ4v) is 3.22. The second-order valence-corrected chi connectivity index (χ2v) is 6.95. The number of amides is 1. The summed E-state index contributed by atoms with van der Waals surface area (Å²) in [5, 5.41) is 18.3. The van der Waals surface area contributed by atoms with Crippen molar-refractivity contribution in [3.05, 3.63) is 82.2 Å². The molecule has 3 rings (SSSR count). The molecule has 1 heterocycles. The number of carbonyl (C=O) groups excluding carboxylic acids is 1. The first-order chi connectivity index (χ1) is 13.8. The van der Waals surface area contributed by atoms with Crippen LogP contribution in [0.25, 0.3) is 0 Å². The highest BCUT2D eigenvalue weighted by atomic mass is 19.1. The summed E-state index contributed by atoms with van der Waals surface area (Å²) in [6.07, 6.45) is 2.88. The van der Waals surface area contributed by atoms with Gasteiger partial charge in [-0.2, -0.15) is 5.10 Å². The molecule has 0 spiro atoms. The first-order valence-corrected chi connectivity index (χ1v) is 9.02. The quantitative estimate of drug-likeness (QED) is 0.483. The summed E-state index contributed by atoms with van der Waals surface area (Å²) in [6, 6.07) is 10.1. The van der Waals surface area contributed by atoms with E-state index in [1.165, 1.54) is 36.7 Å². The largest absolute Gasteiger partial charge is 0.320 e. The Labute approximate surface area is 166 Å². The van der Waals surface area contributed by atoms with Crippen LogP contribution in [0.4, 0.5) is 15.8 Å². The Bertz CT molecular complexity index is 1020. The summed E-state index contributed by atoms with van der Waals surface area (Å²) in [5.41, 5.74) is 1.02. The van der Waals surface area contributed by atoms with E-state index in [0.29, 0.717) is 11.1 Å². The van der Waals surface area contributed by atoms with Crippen LogP contribution in [0.3, 0.4) is 0 Å². The zero-order valence-corrected chi connectivity index (χ0v) is 15.9. The standard InChI is InChI=1S/C20H20FN5O3/c1-13(2)20(25-12-22-11-23-25)15-6-7-17(18(10-15)26(28)29)24-19(27)9-14-4-3-5-16(21)8-14/h3-8,10-13,20H,9H2,1-2H3,(H,24,27). The molecule has 0 aliphatic heterocycles. The van der Waals surface area contributed by atoms with Crippen LogP contribution in [0.15, 0.2) is 55.1 Å². The average molecular weight is 397 g/mol. The molecular weight excluding hydrogens is 377 g/mol. The lowest BCUT2D eigenvalue weighted by molar-refractivity contribution is -0.384. The van der Waals surface area contributed by atoms with Crippen LogP contribution in [-0.4, -0.2) is 25.6 Å². The van der Waals surface area contributed by atoms with E-state index in [9.17, 15) is 19.3 Å². The number of benzene rings is 2. The number of carbonyl (C=O) groups is 1. The van der Waals surface area contributed by atoms with Crippen LogP contribution in [-0.2, 0) is 11.2 Å². The summed E-state index contributed by atoms with van der Waals surface area (Å²) in [7, 11) is 0. The van der Waals surface area contributed by atoms with Crippen molar-refractivity contribution in [1.82, 2.24) is 14.8 Å². The molecule has 29 heavy (non-hydrogen) atoms. The van der Waals surface area contributed by atoms with E-state index in [0.717, 1.165) is 0 Å². The van der Waals surface area contributed by atoms with Crippen molar-refractivity contribution in [2.75, 3.05) is 5.32 Å². The van der Waals surface area contributed by atoms with E-state index in [4.69, 9.17) is 0 Å². The Kier molecular flexibility index (Phi) is 5.96. The zero-order valence-electron chi connectivity index (χ0n) is 15.9. The summed E-state index contributed by atoms with van der Waals surface area (Å²) in [4.78, 5) is 27.3. The van der Waals surface area contributed by atoms with Gasteiger partial charge < -0.3 is 5.32 Å². The fourth-order valence-electron chi connectivity index (χ4n) is 3.22. The number of anilines is 1. The minimum atomic E-state index is -0.542. The van der Waals surface area contributed by atoms with Crippen LogP contribution in [0.1, 0.15) is 31.0 Å². The topological polar surface area (TPSA) is 103 Å². The number of aromatic nitrogens is 3. The van der Waals surface area contributed by atoms with Crippen LogP contribution in [0.2, 0.25) is 0 Å². The minimum absolute atomic E-state index is 0.0845. The van der Waals surface area contributed by atoms with E-state index in [1.54, 1.807) is 23.1 Å². The molecule has 0 radical (unpaired) electrons. The van der Waals surface area contributed by atoms with Gasteiger partial charge in [-0.3, -0.25) is 14.9 Å². The molecule has 0 aliphatic carbocycles. The third-order valence-corrected chi connectivity index (χ3v) is 4.44. The van der Waals surface area contributed by atoms with Gasteiger partial charge in [-0.1, -0.05) is 32.0 Å². The molecule has 150 valence electrons. The highest BCUT2D eigenvalue weighted by Crippen LogP contribution is 2.32. The molecule has 1 atom stereocenters. The summed E-state index contributed by atoms with van der Waals surface area (Å²) in [5.74, 6) is -0.814. The van der Waals surface area contributed by atoms with Gasteiger partial charge in [0.05, 0.1) is 17.4 Å². The van der Waals surface area contributed by atoms with Crippen molar-refractivity contribution in [3.8, 4) is 0 Å². The van der Waals surface area contributed by atoms with E-state index in [2.05, 4.69) is 15.4 Å². The summed E-state index contributed by atoms with van der Waals surface area (Å²) in [6.45, 7) is 3.96. The number of rotatable bonds is 7. The first-order valence-electron chi connectivity index (χ1n) is 9.02. The number of nitro groups is 1. The van der Waals surface area contributed by atoms with Crippen molar-refractivity contribution < 1.29 is 14.1 Å². The molecule has 0 fully saturated rings. The van der Waals surface area contributed by atoms with E-state index < -0.39 is 16.6 Å². The molecule has 1 amide bonds. The Balaban J connectivity index is 1.86. The highest BCUT2D eigenvalue weighted by Gasteiger charge is 2.24. The molecule has 3 aromatic rings. The van der Waals surface area contributed by atoms with Crippen molar-refractivity contribution in [2.45, 2.75) is 26.3 Å². The second kappa shape index (κ2) is 8.59. The molecule has 1 unspecified atom stereocenters. The van der Waals surface area contributed by atoms with Crippen molar-refractivity contribution >= 4 is 17.3 Å². The lowest BCUT2D eigenvalue weighted by Crippen LogP contribution is -2.19. The Hall–Kier alpha value is -3.62. The molecule has 9 heteroatoms. The average Bonchev–Trinajstić information content (AvgIpc) is 3.16. The van der Waals surface area contributed by atoms with Crippen molar-refractivity contribution in [1.29, 1.82) is 0 Å². The van der Waals surface area contributed by atoms with Gasteiger partial charge in [0, 0.05) is 6.07 Å². The number of hydrogen-bond acceptors (Lipinski definition) is 5. The van der Waals surface area contributed by atoms with Crippen LogP contribution >= 0.6 is 0 Å². The lowest BCUT2D eigenvalue weighted by atomic mass is 9.95. The van der Waals surface area contributed by atoms with Gasteiger partial charge in [0.1, 0.15) is 24.2 Å². The van der Waals surface area contributed by atoms with E-state index in [1.807, 2.05) is 13.8 Å². The molecule has 1 aromatic heterocycles. The normalized spacial score (nSPS) is 12.0. The van der Waals surface area contributed by atoms with Crippen molar-refractivity contribution in [3.63, 3.8) is 0 Å². The van der Waals surface area contributed by atoms with Gasteiger partial charge in [-0.25, -0.2) is 14.1 Å². The number of hydrogen-bond donors (Lipinski definition) is 1. The fraction of sp³-hybridized carbons (Fsp3) is 0.250. The zero-order chi connectivity index (χ0) is 21.0. The maximum atomic E-state index is 13.3. The molecule has 8 nitrogen and oxygen atoms in total. The number of nitrogens with one attached hydrogen (secondary N) is 1. The van der Waals surface area contributed by atoms with E-state index in [-0.39, 0.29) is 29.8 Å². The third kappa shape index (κ3) is 4.81. The summed E-state index contributed by atoms with van der Waals surface area (Å²) >= 11 is 0. The Morgan fingerprint density at radius 3 is 2.69 bits per heavy atom. The lowest BCUT2D eigenvalue weighted by Gasteiger charge is -2.21. The van der Waals surface area contributed by atoms with E-state index >= 15 is 0 Å². The Morgan fingerprint density at radius 2 is 2.07 bits per heavy atom. The SMILES string of the molecule is CC(C)C(c1ccc(NC(=O)Cc2cccc(F)c2)c([N+](=O)[O-])c1)n1cncn1. The smallest absolute Gasteiger partial charge is 0.293 e. The van der Waals surface area contributed by atoms with Crippen LogP contribution in [0, 0.1) is 21.8 Å². The second-order valence-electron chi connectivity index (χ2n) is 6.95. The van der Waals surface area contributed by atoms with Gasteiger partial charge in [-0.15, -0.1) is 0 Å². The monoisotopic (exact) mass is 397 g/mol. The molecule has 0 saturated heterocycles. The van der Waals surface area contributed by atoms with Crippen LogP contribution < -0.4 is 5.32 Å². The van der Waals surface area contributed by atoms with Gasteiger partial charge >= 0.3 is 0 Å². The van der Waals surface area contributed by atoms with Crippen molar-refractivity contribution in [2.24, 2.45) is 5.92 Å². The molecule has 0 saturated carbocycles. The molecule has 2 aromatic carbocycles. The molecular formula is C20H20FN5O3. The molecule has 0 aliphatic rings. The molecule has 0 bridgehead atoms.